The molecule has 0 saturated heterocycles. The van der Waals surface area contributed by atoms with Crippen LogP contribution >= 0.6 is 21.4 Å². The third kappa shape index (κ3) is 131. The summed E-state index contributed by atoms with van der Waals surface area (Å²) in [5.74, 6) is 3.14. The molecule has 0 spiro atoms. The summed E-state index contributed by atoms with van der Waals surface area (Å²) < 4.78 is 51.0. The van der Waals surface area contributed by atoms with Crippen molar-refractivity contribution in [3.05, 3.63) is 0 Å². The first-order valence-electron chi connectivity index (χ1n) is 2.89. The molecule has 2 N–H and O–H groups in total. The molecule has 0 saturated carbocycles. The molecule has 0 heterocycles. The molecule has 0 radical (unpaired) electrons. The van der Waals surface area contributed by atoms with Gasteiger partial charge in [0.15, 0.2) is 21.4 Å². The quantitative estimate of drug-likeness (QED) is 0.295. The fraction of sp³-hybridized carbons (Fsp3) is 0.667. The fourth-order valence-electron chi connectivity index (χ4n) is 0.0957. The van der Waals surface area contributed by atoms with Crippen molar-refractivity contribution in [3.8, 4) is 0 Å². The minimum Gasteiger partial charge on any atom is -0.229 e. The Hall–Kier alpha value is 0.480. The van der Waals surface area contributed by atoms with Gasteiger partial charge in [-0.3, -0.25) is 0 Å². The monoisotopic (exact) mass is 353 g/mol. The third-order valence-corrected chi connectivity index (χ3v) is 1.69. The van der Waals surface area contributed by atoms with E-state index in [2.05, 4.69) is 36.1 Å². The third-order valence-electron chi connectivity index (χ3n) is 0.188. The second-order valence-electron chi connectivity index (χ2n) is 1.97. The average Bonchev–Trinajstić information content (AvgIpc) is 1.76. The summed E-state index contributed by atoms with van der Waals surface area (Å²) in [7, 11) is 0.857. The Morgan fingerprint density at radius 3 is 1.44 bits per heavy atom. The van der Waals surface area contributed by atoms with Crippen molar-refractivity contribution >= 4 is 67.7 Å². The van der Waals surface area contributed by atoms with Gasteiger partial charge in [-0.25, -0.2) is 22.0 Å². The lowest BCUT2D eigenvalue weighted by Crippen LogP contribution is -2.07. The summed E-state index contributed by atoms with van der Waals surface area (Å²) >= 11 is 0.696. The molecule has 0 atom stereocenters. The van der Waals surface area contributed by atoms with Crippen molar-refractivity contribution in [2.45, 2.75) is 0 Å². The van der Waals surface area contributed by atoms with Crippen molar-refractivity contribution in [2.24, 2.45) is 8.91 Å². The molecule has 0 aliphatic heterocycles. The summed E-state index contributed by atoms with van der Waals surface area (Å²) in [5, 5.41) is 4.33. The van der Waals surface area contributed by atoms with Crippen LogP contribution in [0.3, 0.4) is 0 Å². The first-order chi connectivity index (χ1) is 6.79. The fourth-order valence-corrected chi connectivity index (χ4v) is 0.862. The molecule has 100 valence electrons. The number of hydrogen-bond donors (Lipinski definition) is 1. The standard InChI is InChI=1S/C2H5NO2S2.CH5NO2S.Cl2OS/c1-6-3-7(2,4)5;1-5(2,3)4;1-4(2)3/h1H2,2H3;1H3,(H2,2,3,4);/p+1. The van der Waals surface area contributed by atoms with Crippen LogP contribution in [0.4, 0.5) is 0 Å². The Bertz CT molecular complexity index is 438. The van der Waals surface area contributed by atoms with Crippen LogP contribution < -0.4 is 5.14 Å². The Labute approximate surface area is 110 Å². The highest BCUT2D eigenvalue weighted by atomic mass is 36.0. The second kappa shape index (κ2) is 10.6. The number of nitrogens with two attached hydrogens (primary N) is 1. The van der Waals surface area contributed by atoms with Gasteiger partial charge in [-0.15, -0.1) is 3.77 Å². The molecule has 16 heavy (non-hydrogen) atoms. The van der Waals surface area contributed by atoms with Gasteiger partial charge in [0.1, 0.15) is 0 Å². The van der Waals surface area contributed by atoms with Crippen LogP contribution in [-0.2, 0) is 44.6 Å². The van der Waals surface area contributed by atoms with Crippen molar-refractivity contribution in [1.29, 1.82) is 0 Å². The number of rotatable bonds is 1. The number of thiol groups is 1. The second-order valence-corrected chi connectivity index (χ2v) is 8.71. The van der Waals surface area contributed by atoms with E-state index < -0.39 is 29.3 Å². The van der Waals surface area contributed by atoms with Crippen LogP contribution in [0, 0.1) is 0 Å². The Morgan fingerprint density at radius 2 is 1.44 bits per heavy atom. The topological polar surface area (TPSA) is 124 Å². The zero-order valence-electron chi connectivity index (χ0n) is 8.20. The van der Waals surface area contributed by atoms with Crippen LogP contribution in [0.25, 0.3) is 0 Å². The molecule has 13 heteroatoms. The largest absolute Gasteiger partial charge is 0.268 e. The maximum absolute atomic E-state index is 10.0. The summed E-state index contributed by atoms with van der Waals surface area (Å²) in [4.78, 5) is 0. The molecule has 0 aromatic rings. The van der Waals surface area contributed by atoms with Gasteiger partial charge in [-0.2, -0.15) is 0 Å². The van der Waals surface area contributed by atoms with E-state index in [1.807, 2.05) is 0 Å². The minimum absolute atomic E-state index is 0.696. The van der Waals surface area contributed by atoms with Gasteiger partial charge in [-0.05, 0) is 17.0 Å². The molecule has 7 nitrogen and oxygen atoms in total. The zero-order valence-corrected chi connectivity index (χ0v) is 13.1. The van der Waals surface area contributed by atoms with E-state index in [0.717, 1.165) is 12.5 Å². The van der Waals surface area contributed by atoms with Crippen LogP contribution in [0.5, 0.6) is 0 Å². The average molecular weight is 354 g/mol. The molecule has 0 amide bonds. The SMILES string of the molecule is C=S=NS(C)(=O)=O.CS(N)(=O)=O.O=[SH+](Cl)Cl. The van der Waals surface area contributed by atoms with Gasteiger partial charge in [0, 0.05) is 0 Å². The van der Waals surface area contributed by atoms with E-state index >= 15 is 0 Å². The van der Waals surface area contributed by atoms with E-state index in [4.69, 9.17) is 4.21 Å². The molecule has 0 rings (SSSR count). The Balaban J connectivity index is -0.000000166. The first-order valence-corrected chi connectivity index (χ1v) is 10.7. The highest BCUT2D eigenvalue weighted by molar-refractivity contribution is 8.26. The summed E-state index contributed by atoms with van der Waals surface area (Å²) in [6.45, 7) is 0. The van der Waals surface area contributed by atoms with E-state index in [-0.39, 0.29) is 0 Å². The van der Waals surface area contributed by atoms with Gasteiger partial charge >= 0.3 is 0 Å². The maximum atomic E-state index is 10.0. The number of primary sulfonamides is 1. The summed E-state index contributed by atoms with van der Waals surface area (Å²) in [6, 6.07) is 0. The lowest BCUT2D eigenvalue weighted by molar-refractivity contribution is 0.602. The molecular weight excluding hydrogens is 343 g/mol. The Kier molecular flexibility index (Phi) is 14.4. The highest BCUT2D eigenvalue weighted by Gasteiger charge is 1.88. The van der Waals surface area contributed by atoms with E-state index in [9.17, 15) is 16.8 Å². The lowest BCUT2D eigenvalue weighted by Gasteiger charge is -1.73. The molecule has 0 aliphatic rings. The van der Waals surface area contributed by atoms with Gasteiger partial charge in [0.05, 0.1) is 12.5 Å². The van der Waals surface area contributed by atoms with Crippen LogP contribution in [0.15, 0.2) is 3.77 Å². The van der Waals surface area contributed by atoms with E-state index in [0.29, 0.717) is 11.1 Å². The maximum Gasteiger partial charge on any atom is 0.268 e. The molecule has 0 aromatic heterocycles. The molecule has 0 fully saturated rings. The predicted octanol–water partition coefficient (Wildman–Crippen LogP) is -0.461. The van der Waals surface area contributed by atoms with Gasteiger partial charge < -0.3 is 0 Å². The Morgan fingerprint density at radius 1 is 1.25 bits per heavy atom. The summed E-state index contributed by atoms with van der Waals surface area (Å²) in [6.07, 6.45) is 1.96. The van der Waals surface area contributed by atoms with Gasteiger partial charge in [0.25, 0.3) is 19.2 Å². The number of nitrogens with zero attached hydrogens (tertiary/aromatic N) is 1. The van der Waals surface area contributed by atoms with Crippen molar-refractivity contribution < 1.29 is 21.0 Å². The number of hydrogen-bond acceptors (Lipinski definition) is 5. The highest BCUT2D eigenvalue weighted by Crippen LogP contribution is 1.90. The normalized spacial score (nSPS) is 10.4. The smallest absolute Gasteiger partial charge is 0.229 e. The molecular formula is C3H11Cl2N2O5S4+. The van der Waals surface area contributed by atoms with E-state index in [1.54, 1.807) is 0 Å². The summed E-state index contributed by atoms with van der Waals surface area (Å²) in [5.41, 5.74) is 0. The molecule has 0 aliphatic carbocycles. The molecule has 0 unspecified atom stereocenters. The minimum atomic E-state index is -3.17. The van der Waals surface area contributed by atoms with Crippen molar-refractivity contribution in [2.75, 3.05) is 12.5 Å². The predicted molar refractivity (Wildman–Crippen MR) is 71.9 cm³/mol. The number of halogens is 2. The van der Waals surface area contributed by atoms with Crippen molar-refractivity contribution in [3.63, 3.8) is 0 Å². The van der Waals surface area contributed by atoms with E-state index in [1.165, 1.54) is 0 Å². The van der Waals surface area contributed by atoms with Crippen LogP contribution in [0.2, 0.25) is 0 Å². The van der Waals surface area contributed by atoms with Crippen molar-refractivity contribution in [1.82, 2.24) is 0 Å². The first kappa shape index (κ1) is 21.7. The zero-order chi connectivity index (χ0) is 14.0. The molecule has 0 aromatic carbocycles. The van der Waals surface area contributed by atoms with Gasteiger partial charge in [-0.1, -0.05) is 4.21 Å². The number of sulfonamides is 2. The van der Waals surface area contributed by atoms with Gasteiger partial charge in [0.2, 0.25) is 10.0 Å². The van der Waals surface area contributed by atoms with Crippen LogP contribution in [-0.4, -0.2) is 35.2 Å². The van der Waals surface area contributed by atoms with Crippen LogP contribution in [0.1, 0.15) is 0 Å². The molecule has 0 bridgehead atoms. The lowest BCUT2D eigenvalue weighted by atomic mass is 12.0.